The zero-order valence-corrected chi connectivity index (χ0v) is 12.1. The molecule has 1 unspecified atom stereocenters. The van der Waals surface area contributed by atoms with Crippen molar-refractivity contribution in [1.82, 2.24) is 5.32 Å². The Morgan fingerprint density at radius 3 is 2.60 bits per heavy atom. The Kier molecular flexibility index (Phi) is 4.86. The van der Waals surface area contributed by atoms with Gasteiger partial charge in [-0.2, -0.15) is 0 Å². The number of hydrogen-bond acceptors (Lipinski definition) is 5. The Bertz CT molecular complexity index is 445. The average molecular weight is 281 g/mol. The van der Waals surface area contributed by atoms with Crippen LogP contribution in [0.2, 0.25) is 0 Å². The van der Waals surface area contributed by atoms with Crippen LogP contribution in [0.1, 0.15) is 24.5 Å². The minimum absolute atomic E-state index is 0.0399. The zero-order chi connectivity index (χ0) is 14.6. The van der Waals surface area contributed by atoms with Crippen molar-refractivity contribution < 1.29 is 19.7 Å². The number of hydrogen-bond donors (Lipinski definition) is 3. The van der Waals surface area contributed by atoms with Crippen molar-refractivity contribution >= 4 is 0 Å². The highest BCUT2D eigenvalue weighted by molar-refractivity contribution is 5.41. The molecule has 5 heteroatoms. The van der Waals surface area contributed by atoms with Crippen molar-refractivity contribution in [3.05, 3.63) is 23.8 Å². The lowest BCUT2D eigenvalue weighted by Crippen LogP contribution is -2.30. The van der Waals surface area contributed by atoms with E-state index < -0.39 is 6.10 Å². The quantitative estimate of drug-likeness (QED) is 0.665. The van der Waals surface area contributed by atoms with Crippen molar-refractivity contribution in [2.75, 3.05) is 33.9 Å². The lowest BCUT2D eigenvalue weighted by atomic mass is 10.1. The van der Waals surface area contributed by atoms with Crippen molar-refractivity contribution in [3.63, 3.8) is 0 Å². The van der Waals surface area contributed by atoms with Crippen molar-refractivity contribution in [2.45, 2.75) is 18.9 Å². The van der Waals surface area contributed by atoms with Gasteiger partial charge in [0.15, 0.2) is 0 Å². The maximum absolute atomic E-state index is 10.3. The van der Waals surface area contributed by atoms with Crippen molar-refractivity contribution in [1.29, 1.82) is 0 Å². The van der Waals surface area contributed by atoms with E-state index in [1.165, 1.54) is 0 Å². The van der Waals surface area contributed by atoms with Crippen LogP contribution in [-0.4, -0.2) is 44.1 Å². The molecular weight excluding hydrogens is 258 g/mol. The van der Waals surface area contributed by atoms with Gasteiger partial charge in [0.25, 0.3) is 0 Å². The van der Waals surface area contributed by atoms with Gasteiger partial charge in [-0.15, -0.1) is 0 Å². The Balaban J connectivity index is 1.95. The minimum Gasteiger partial charge on any atom is -0.497 e. The van der Waals surface area contributed by atoms with Gasteiger partial charge in [0.05, 0.1) is 20.3 Å². The molecule has 1 fully saturated rings. The van der Waals surface area contributed by atoms with Crippen LogP contribution in [0.5, 0.6) is 11.5 Å². The second kappa shape index (κ2) is 6.43. The Labute approximate surface area is 119 Å². The van der Waals surface area contributed by atoms with E-state index in [9.17, 15) is 10.2 Å². The minimum atomic E-state index is -0.672. The van der Waals surface area contributed by atoms with E-state index in [-0.39, 0.29) is 12.0 Å². The van der Waals surface area contributed by atoms with Crippen LogP contribution >= 0.6 is 0 Å². The second-order valence-electron chi connectivity index (χ2n) is 5.41. The molecule has 0 saturated heterocycles. The number of aliphatic hydroxyl groups is 2. The third-order valence-corrected chi connectivity index (χ3v) is 3.93. The fourth-order valence-electron chi connectivity index (χ4n) is 2.25. The Morgan fingerprint density at radius 1 is 1.30 bits per heavy atom. The third-order valence-electron chi connectivity index (χ3n) is 3.93. The highest BCUT2D eigenvalue weighted by Crippen LogP contribution is 2.44. The first-order valence-corrected chi connectivity index (χ1v) is 6.86. The summed E-state index contributed by atoms with van der Waals surface area (Å²) in [5.74, 6) is 1.33. The third kappa shape index (κ3) is 3.42. The molecule has 0 amide bonds. The van der Waals surface area contributed by atoms with Gasteiger partial charge in [-0.25, -0.2) is 0 Å². The molecule has 5 nitrogen and oxygen atoms in total. The molecule has 1 aromatic rings. The standard InChI is InChI=1S/C15H23NO4/c1-19-11-3-4-14(20-2)12(7-11)13(18)8-16-9-15(10-17)5-6-15/h3-4,7,13,16-18H,5-6,8-10H2,1-2H3. The predicted octanol–water partition coefficient (Wildman–Crippen LogP) is 1.10. The van der Waals surface area contributed by atoms with Crippen LogP contribution in [0.3, 0.4) is 0 Å². The first-order chi connectivity index (χ1) is 9.64. The maximum Gasteiger partial charge on any atom is 0.124 e. The molecule has 112 valence electrons. The number of benzene rings is 1. The second-order valence-corrected chi connectivity index (χ2v) is 5.41. The molecular formula is C15H23NO4. The average Bonchev–Trinajstić information content (AvgIpc) is 3.27. The van der Waals surface area contributed by atoms with E-state index in [0.29, 0.717) is 23.6 Å². The molecule has 1 saturated carbocycles. The highest BCUT2D eigenvalue weighted by Gasteiger charge is 2.41. The fourth-order valence-corrected chi connectivity index (χ4v) is 2.25. The summed E-state index contributed by atoms with van der Waals surface area (Å²) in [6.45, 7) is 1.36. The van der Waals surface area contributed by atoms with Gasteiger partial charge in [-0.3, -0.25) is 0 Å². The number of rotatable bonds is 8. The molecule has 0 radical (unpaired) electrons. The summed E-state index contributed by atoms with van der Waals surface area (Å²) >= 11 is 0. The molecule has 1 aliphatic carbocycles. The van der Waals surface area contributed by atoms with Gasteiger partial charge in [-0.05, 0) is 31.0 Å². The molecule has 1 aliphatic rings. The van der Waals surface area contributed by atoms with Crippen LogP contribution in [0.4, 0.5) is 0 Å². The molecule has 0 bridgehead atoms. The Hall–Kier alpha value is -1.30. The molecule has 0 aliphatic heterocycles. The predicted molar refractivity (Wildman–Crippen MR) is 76.1 cm³/mol. The van der Waals surface area contributed by atoms with E-state index in [1.54, 1.807) is 32.4 Å². The van der Waals surface area contributed by atoms with Crippen LogP contribution < -0.4 is 14.8 Å². The summed E-state index contributed by atoms with van der Waals surface area (Å²) in [5, 5.41) is 22.8. The van der Waals surface area contributed by atoms with E-state index in [0.717, 1.165) is 19.4 Å². The number of methoxy groups -OCH3 is 2. The molecule has 0 aromatic heterocycles. The molecule has 0 heterocycles. The van der Waals surface area contributed by atoms with E-state index in [1.807, 2.05) is 0 Å². The molecule has 2 rings (SSSR count). The number of nitrogens with one attached hydrogen (secondary N) is 1. The van der Waals surface area contributed by atoms with Gasteiger partial charge >= 0.3 is 0 Å². The normalized spacial score (nSPS) is 17.6. The Morgan fingerprint density at radius 2 is 2.05 bits per heavy atom. The molecule has 20 heavy (non-hydrogen) atoms. The fraction of sp³-hybridized carbons (Fsp3) is 0.600. The van der Waals surface area contributed by atoms with Gasteiger partial charge < -0.3 is 25.0 Å². The lowest BCUT2D eigenvalue weighted by molar-refractivity contribution is 0.159. The van der Waals surface area contributed by atoms with Crippen molar-refractivity contribution in [3.8, 4) is 11.5 Å². The smallest absolute Gasteiger partial charge is 0.124 e. The van der Waals surface area contributed by atoms with Crippen LogP contribution in [0.25, 0.3) is 0 Å². The summed E-state index contributed by atoms with van der Waals surface area (Å²) in [6.07, 6.45) is 1.43. The molecule has 1 atom stereocenters. The first kappa shape index (κ1) is 15.1. The summed E-state index contributed by atoms with van der Waals surface area (Å²) in [4.78, 5) is 0. The highest BCUT2D eigenvalue weighted by atomic mass is 16.5. The molecule has 0 spiro atoms. The van der Waals surface area contributed by atoms with Gasteiger partial charge in [-0.1, -0.05) is 0 Å². The van der Waals surface area contributed by atoms with Crippen LogP contribution in [-0.2, 0) is 0 Å². The SMILES string of the molecule is COc1ccc(OC)c(C(O)CNCC2(CO)CC2)c1. The lowest BCUT2D eigenvalue weighted by Gasteiger charge is -2.18. The van der Waals surface area contributed by atoms with Crippen molar-refractivity contribution in [2.24, 2.45) is 5.41 Å². The van der Waals surface area contributed by atoms with Gasteiger partial charge in [0, 0.05) is 30.7 Å². The molecule has 3 N–H and O–H groups in total. The van der Waals surface area contributed by atoms with Gasteiger partial charge in [0.1, 0.15) is 11.5 Å². The van der Waals surface area contributed by atoms with E-state index in [4.69, 9.17) is 9.47 Å². The van der Waals surface area contributed by atoms with E-state index in [2.05, 4.69) is 5.32 Å². The van der Waals surface area contributed by atoms with Crippen LogP contribution in [0.15, 0.2) is 18.2 Å². The first-order valence-electron chi connectivity index (χ1n) is 6.86. The van der Waals surface area contributed by atoms with Gasteiger partial charge in [0.2, 0.25) is 0 Å². The number of ether oxygens (including phenoxy) is 2. The zero-order valence-electron chi connectivity index (χ0n) is 12.1. The molecule has 1 aromatic carbocycles. The summed E-state index contributed by atoms with van der Waals surface area (Å²) < 4.78 is 10.4. The number of aliphatic hydroxyl groups excluding tert-OH is 2. The summed E-state index contributed by atoms with van der Waals surface area (Å²) in [7, 11) is 3.17. The van der Waals surface area contributed by atoms with Crippen LogP contribution in [0, 0.1) is 5.41 Å². The maximum atomic E-state index is 10.3. The monoisotopic (exact) mass is 281 g/mol. The topological polar surface area (TPSA) is 71.0 Å². The van der Waals surface area contributed by atoms with E-state index >= 15 is 0 Å². The summed E-state index contributed by atoms with van der Waals surface area (Å²) in [6, 6.07) is 5.37. The summed E-state index contributed by atoms with van der Waals surface area (Å²) in [5.41, 5.74) is 0.742. The largest absolute Gasteiger partial charge is 0.497 e.